The minimum Gasteiger partial charge on any atom is -0.478 e. The minimum absolute atomic E-state index is 0.128. The van der Waals surface area contributed by atoms with E-state index in [-0.39, 0.29) is 21.8 Å². The molecule has 27 heavy (non-hydrogen) atoms. The van der Waals surface area contributed by atoms with Crippen LogP contribution in [0.4, 0.5) is 11.4 Å². The fourth-order valence-electron chi connectivity index (χ4n) is 2.57. The molecule has 0 saturated carbocycles. The third kappa shape index (κ3) is 3.87. The number of nitrogens with zero attached hydrogens (tertiary/aromatic N) is 2. The van der Waals surface area contributed by atoms with Gasteiger partial charge in [0.15, 0.2) is 0 Å². The van der Waals surface area contributed by atoms with Gasteiger partial charge in [0.2, 0.25) is 0 Å². The Balaban J connectivity index is 2.02. The first-order valence-corrected chi connectivity index (χ1v) is 9.28. The van der Waals surface area contributed by atoms with Crippen LogP contribution in [0.3, 0.4) is 0 Å². The smallest absolute Gasteiger partial charge is 0.335 e. The van der Waals surface area contributed by atoms with Gasteiger partial charge in [-0.15, -0.1) is 0 Å². The summed E-state index contributed by atoms with van der Waals surface area (Å²) in [6.07, 6.45) is 4.62. The zero-order valence-corrected chi connectivity index (χ0v) is 15.1. The number of rotatable bonds is 5. The number of nitrogens with two attached hydrogens (primary N) is 1. The summed E-state index contributed by atoms with van der Waals surface area (Å²) in [5.41, 5.74) is 8.54. The normalized spacial score (nSPS) is 11.1. The molecule has 138 valence electrons. The first kappa shape index (κ1) is 18.3. The molecule has 3 aromatic rings. The molecule has 0 saturated heterocycles. The van der Waals surface area contributed by atoms with Gasteiger partial charge in [-0.3, -0.25) is 4.72 Å². The van der Waals surface area contributed by atoms with Crippen molar-refractivity contribution in [2.45, 2.75) is 11.8 Å². The van der Waals surface area contributed by atoms with Crippen LogP contribution in [0.25, 0.3) is 11.1 Å². The van der Waals surface area contributed by atoms with E-state index in [2.05, 4.69) is 14.7 Å². The van der Waals surface area contributed by atoms with Crippen molar-refractivity contribution in [1.82, 2.24) is 9.97 Å². The lowest BCUT2D eigenvalue weighted by atomic mass is 10.0. The fourth-order valence-corrected chi connectivity index (χ4v) is 3.69. The van der Waals surface area contributed by atoms with Crippen LogP contribution in [-0.4, -0.2) is 29.5 Å². The summed E-state index contributed by atoms with van der Waals surface area (Å²) in [5.74, 6) is -1.21. The van der Waals surface area contributed by atoms with Crippen molar-refractivity contribution in [1.29, 1.82) is 0 Å². The number of carbonyl (C=O) groups is 1. The highest BCUT2D eigenvalue weighted by atomic mass is 32.2. The highest BCUT2D eigenvalue weighted by Gasteiger charge is 2.18. The first-order chi connectivity index (χ1) is 12.8. The largest absolute Gasteiger partial charge is 0.478 e. The van der Waals surface area contributed by atoms with Crippen LogP contribution in [0.2, 0.25) is 0 Å². The summed E-state index contributed by atoms with van der Waals surface area (Å²) in [5, 5.41) is 9.05. The van der Waals surface area contributed by atoms with E-state index in [9.17, 15) is 13.2 Å². The van der Waals surface area contributed by atoms with E-state index < -0.39 is 16.0 Å². The molecule has 2 aromatic carbocycles. The van der Waals surface area contributed by atoms with Crippen LogP contribution in [0.15, 0.2) is 60.0 Å². The quantitative estimate of drug-likeness (QED) is 0.575. The number of benzene rings is 2. The van der Waals surface area contributed by atoms with E-state index in [0.29, 0.717) is 5.56 Å². The molecule has 3 rings (SSSR count). The standard InChI is InChI=1S/C18H16N4O4S/c1-11-5-16(19)17(7-15(11)13-8-20-10-21-9-13)22-27(25,26)14-4-2-3-12(6-14)18(23)24/h2-10,22H,19H2,1H3,(H,23,24). The number of carboxylic acid groups (broad SMARTS) is 1. The maximum absolute atomic E-state index is 12.7. The number of nitrogen functional groups attached to an aromatic ring is 1. The van der Waals surface area contributed by atoms with Crippen LogP contribution in [0.1, 0.15) is 15.9 Å². The molecule has 0 radical (unpaired) electrons. The predicted molar refractivity (Wildman–Crippen MR) is 101 cm³/mol. The number of aromatic nitrogens is 2. The molecule has 0 spiro atoms. The molecule has 0 aliphatic rings. The molecule has 0 bridgehead atoms. The summed E-state index contributed by atoms with van der Waals surface area (Å²) in [6.45, 7) is 1.84. The van der Waals surface area contributed by atoms with Crippen molar-refractivity contribution >= 4 is 27.4 Å². The van der Waals surface area contributed by atoms with E-state index in [1.165, 1.54) is 24.5 Å². The lowest BCUT2D eigenvalue weighted by Gasteiger charge is -2.14. The SMILES string of the molecule is Cc1cc(N)c(NS(=O)(=O)c2cccc(C(=O)O)c2)cc1-c1cncnc1. The number of hydrogen-bond acceptors (Lipinski definition) is 6. The average Bonchev–Trinajstić information content (AvgIpc) is 2.64. The Hall–Kier alpha value is -3.46. The zero-order valence-electron chi connectivity index (χ0n) is 14.2. The molecule has 0 aliphatic carbocycles. The van der Waals surface area contributed by atoms with E-state index in [4.69, 9.17) is 10.8 Å². The second kappa shape index (κ2) is 7.04. The molecule has 0 fully saturated rings. The maximum atomic E-state index is 12.7. The lowest BCUT2D eigenvalue weighted by Crippen LogP contribution is -2.15. The van der Waals surface area contributed by atoms with Gasteiger partial charge in [-0.2, -0.15) is 0 Å². The Kier molecular flexibility index (Phi) is 4.78. The Morgan fingerprint density at radius 2 is 1.85 bits per heavy atom. The molecule has 1 aromatic heterocycles. The number of hydrogen-bond donors (Lipinski definition) is 3. The number of sulfonamides is 1. The minimum atomic E-state index is -4.03. The van der Waals surface area contributed by atoms with Gasteiger partial charge in [-0.1, -0.05) is 6.07 Å². The second-order valence-electron chi connectivity index (χ2n) is 5.82. The molecule has 0 unspecified atom stereocenters. The number of nitrogens with one attached hydrogen (secondary N) is 1. The highest BCUT2D eigenvalue weighted by Crippen LogP contribution is 2.31. The summed E-state index contributed by atoms with van der Waals surface area (Å²) in [6, 6.07) is 8.32. The van der Waals surface area contributed by atoms with Gasteiger partial charge in [0.1, 0.15) is 6.33 Å². The molecule has 1 heterocycles. The Labute approximate surface area is 155 Å². The van der Waals surface area contributed by atoms with Crippen LogP contribution in [0, 0.1) is 6.92 Å². The third-order valence-electron chi connectivity index (χ3n) is 3.90. The van der Waals surface area contributed by atoms with Crippen LogP contribution < -0.4 is 10.5 Å². The van der Waals surface area contributed by atoms with Gasteiger partial charge in [0, 0.05) is 18.0 Å². The topological polar surface area (TPSA) is 135 Å². The van der Waals surface area contributed by atoms with Gasteiger partial charge >= 0.3 is 5.97 Å². The summed E-state index contributed by atoms with van der Waals surface area (Å²) in [7, 11) is -4.03. The zero-order chi connectivity index (χ0) is 19.6. The second-order valence-corrected chi connectivity index (χ2v) is 7.50. The summed E-state index contributed by atoms with van der Waals surface area (Å²) in [4.78, 5) is 18.8. The van der Waals surface area contributed by atoms with E-state index in [1.807, 2.05) is 6.92 Å². The molecule has 0 atom stereocenters. The van der Waals surface area contributed by atoms with Crippen LogP contribution in [-0.2, 0) is 10.0 Å². The fraction of sp³-hybridized carbons (Fsp3) is 0.0556. The Morgan fingerprint density at radius 1 is 1.15 bits per heavy atom. The van der Waals surface area contributed by atoms with E-state index >= 15 is 0 Å². The number of aryl methyl sites for hydroxylation is 1. The molecule has 0 amide bonds. The van der Waals surface area contributed by atoms with Gasteiger partial charge in [-0.05, 0) is 48.4 Å². The number of anilines is 2. The van der Waals surface area contributed by atoms with Crippen molar-refractivity contribution < 1.29 is 18.3 Å². The van der Waals surface area contributed by atoms with Crippen molar-refractivity contribution in [3.63, 3.8) is 0 Å². The predicted octanol–water partition coefficient (Wildman–Crippen LogP) is 2.53. The monoisotopic (exact) mass is 384 g/mol. The highest BCUT2D eigenvalue weighted by molar-refractivity contribution is 7.92. The van der Waals surface area contributed by atoms with Crippen LogP contribution >= 0.6 is 0 Å². The van der Waals surface area contributed by atoms with Crippen molar-refractivity contribution in [3.8, 4) is 11.1 Å². The molecule has 4 N–H and O–H groups in total. The Bertz CT molecular complexity index is 1120. The first-order valence-electron chi connectivity index (χ1n) is 7.79. The van der Waals surface area contributed by atoms with Gasteiger partial charge in [0.05, 0.1) is 21.8 Å². The molecular weight excluding hydrogens is 368 g/mol. The Morgan fingerprint density at radius 3 is 2.52 bits per heavy atom. The molecular formula is C18H16N4O4S. The van der Waals surface area contributed by atoms with Crippen LogP contribution in [0.5, 0.6) is 0 Å². The average molecular weight is 384 g/mol. The number of aromatic carboxylic acids is 1. The lowest BCUT2D eigenvalue weighted by molar-refractivity contribution is 0.0696. The maximum Gasteiger partial charge on any atom is 0.335 e. The van der Waals surface area contributed by atoms with Crippen molar-refractivity contribution in [2.24, 2.45) is 0 Å². The van der Waals surface area contributed by atoms with Crippen molar-refractivity contribution in [2.75, 3.05) is 10.5 Å². The van der Waals surface area contributed by atoms with Gasteiger partial charge in [0.25, 0.3) is 10.0 Å². The molecule has 0 aliphatic heterocycles. The van der Waals surface area contributed by atoms with E-state index in [0.717, 1.165) is 17.2 Å². The van der Waals surface area contributed by atoms with E-state index in [1.54, 1.807) is 24.5 Å². The summed E-state index contributed by atoms with van der Waals surface area (Å²) >= 11 is 0. The van der Waals surface area contributed by atoms with Gasteiger partial charge < -0.3 is 10.8 Å². The number of carboxylic acids is 1. The molecule has 8 nitrogen and oxygen atoms in total. The molecule has 9 heteroatoms. The summed E-state index contributed by atoms with van der Waals surface area (Å²) < 4.78 is 27.8. The van der Waals surface area contributed by atoms with Crippen molar-refractivity contribution in [3.05, 3.63) is 66.2 Å². The van der Waals surface area contributed by atoms with Gasteiger partial charge in [-0.25, -0.2) is 23.2 Å². The third-order valence-corrected chi connectivity index (χ3v) is 5.27.